The highest BCUT2D eigenvalue weighted by Gasteiger charge is 2.56. The van der Waals surface area contributed by atoms with Gasteiger partial charge in [0.15, 0.2) is 0 Å². The van der Waals surface area contributed by atoms with Gasteiger partial charge in [-0.1, -0.05) is 6.92 Å². The van der Waals surface area contributed by atoms with Crippen LogP contribution in [0.2, 0.25) is 0 Å². The molecule has 0 amide bonds. The number of aliphatic hydroxyl groups is 2. The third-order valence-corrected chi connectivity index (χ3v) is 7.88. The fourth-order valence-corrected chi connectivity index (χ4v) is 6.80. The molecule has 2 nitrogen and oxygen atoms in total. The van der Waals surface area contributed by atoms with Crippen LogP contribution in [0.5, 0.6) is 0 Å². The quantitative estimate of drug-likeness (QED) is 0.713. The fourth-order valence-electron chi connectivity index (χ4n) is 6.80. The maximum Gasteiger partial charge on any atom is 0.0596 e. The predicted molar refractivity (Wildman–Crippen MR) is 79.1 cm³/mol. The van der Waals surface area contributed by atoms with Gasteiger partial charge >= 0.3 is 0 Å². The molecule has 0 radical (unpaired) electrons. The van der Waals surface area contributed by atoms with Gasteiger partial charge in [0.05, 0.1) is 12.2 Å². The van der Waals surface area contributed by atoms with Crippen molar-refractivity contribution >= 4 is 0 Å². The standard InChI is InChI=1S/C18H30O2/c1-18-9-8-14-13-5-3-12(19)10-11(13)2-4-15(14)16(18)6-7-17(18)20/h11-17,19-20H,2-10H2,1H3/t11-,12-,13+,14-,15-,16+,17-,18+/m1/s1. The van der Waals surface area contributed by atoms with Gasteiger partial charge in [-0.2, -0.15) is 0 Å². The molecule has 0 spiro atoms. The molecule has 0 bridgehead atoms. The summed E-state index contributed by atoms with van der Waals surface area (Å²) in [4.78, 5) is 0. The SMILES string of the molecule is C[C@]12CC[C@H]3[C@@H](CC[C@@H]4C[C@H](O)CC[C@@H]43)[C@@H]1CC[C@H]2O. The Balaban J connectivity index is 1.57. The molecular weight excluding hydrogens is 248 g/mol. The van der Waals surface area contributed by atoms with E-state index in [1.807, 2.05) is 0 Å². The monoisotopic (exact) mass is 278 g/mol. The van der Waals surface area contributed by atoms with E-state index in [9.17, 15) is 10.2 Å². The maximum atomic E-state index is 10.4. The van der Waals surface area contributed by atoms with Gasteiger partial charge in [0.1, 0.15) is 0 Å². The van der Waals surface area contributed by atoms with Crippen molar-refractivity contribution in [2.24, 2.45) is 35.0 Å². The number of aliphatic hydroxyl groups excluding tert-OH is 2. The molecule has 0 heterocycles. The zero-order chi connectivity index (χ0) is 13.9. The van der Waals surface area contributed by atoms with Crippen LogP contribution < -0.4 is 0 Å². The van der Waals surface area contributed by atoms with Gasteiger partial charge < -0.3 is 10.2 Å². The zero-order valence-corrected chi connectivity index (χ0v) is 12.8. The molecule has 2 N–H and O–H groups in total. The Morgan fingerprint density at radius 2 is 1.60 bits per heavy atom. The van der Waals surface area contributed by atoms with Gasteiger partial charge in [-0.25, -0.2) is 0 Å². The minimum Gasteiger partial charge on any atom is -0.393 e. The van der Waals surface area contributed by atoms with Crippen LogP contribution in [0, 0.1) is 35.0 Å². The van der Waals surface area contributed by atoms with E-state index in [-0.39, 0.29) is 17.6 Å². The number of hydrogen-bond acceptors (Lipinski definition) is 2. The average molecular weight is 278 g/mol. The van der Waals surface area contributed by atoms with Gasteiger partial charge in [0.2, 0.25) is 0 Å². The molecule has 4 saturated carbocycles. The van der Waals surface area contributed by atoms with Crippen molar-refractivity contribution in [2.45, 2.75) is 76.9 Å². The first kappa shape index (κ1) is 13.6. The first-order chi connectivity index (χ1) is 9.59. The Morgan fingerprint density at radius 3 is 2.45 bits per heavy atom. The second-order valence-electron chi connectivity index (χ2n) is 8.54. The lowest BCUT2D eigenvalue weighted by Gasteiger charge is -2.55. The second kappa shape index (κ2) is 4.71. The molecule has 4 rings (SSSR count). The van der Waals surface area contributed by atoms with Crippen molar-refractivity contribution in [3.05, 3.63) is 0 Å². The molecular formula is C18H30O2. The largest absolute Gasteiger partial charge is 0.393 e. The Bertz CT molecular complexity index is 382. The minimum atomic E-state index is -0.0423. The molecule has 0 saturated heterocycles. The summed E-state index contributed by atoms with van der Waals surface area (Å²) in [6, 6.07) is 0. The van der Waals surface area contributed by atoms with Crippen molar-refractivity contribution < 1.29 is 10.2 Å². The van der Waals surface area contributed by atoms with E-state index in [4.69, 9.17) is 0 Å². The molecule has 4 aliphatic rings. The lowest BCUT2D eigenvalue weighted by molar-refractivity contribution is -0.0913. The van der Waals surface area contributed by atoms with Crippen molar-refractivity contribution in [3.63, 3.8) is 0 Å². The molecule has 8 atom stereocenters. The highest BCUT2D eigenvalue weighted by molar-refractivity contribution is 5.06. The van der Waals surface area contributed by atoms with Crippen LogP contribution in [-0.4, -0.2) is 22.4 Å². The van der Waals surface area contributed by atoms with E-state index in [1.165, 1.54) is 38.5 Å². The summed E-state index contributed by atoms with van der Waals surface area (Å²) in [5, 5.41) is 20.3. The van der Waals surface area contributed by atoms with E-state index < -0.39 is 0 Å². The summed E-state index contributed by atoms with van der Waals surface area (Å²) >= 11 is 0. The normalized spacial score (nSPS) is 58.6. The lowest BCUT2D eigenvalue weighted by Crippen LogP contribution is -2.49. The highest BCUT2D eigenvalue weighted by Crippen LogP contribution is 2.62. The van der Waals surface area contributed by atoms with E-state index >= 15 is 0 Å². The molecule has 0 unspecified atom stereocenters. The highest BCUT2D eigenvalue weighted by atomic mass is 16.3. The van der Waals surface area contributed by atoms with Crippen LogP contribution >= 0.6 is 0 Å². The number of rotatable bonds is 0. The molecule has 4 aliphatic carbocycles. The van der Waals surface area contributed by atoms with Crippen LogP contribution in [0.3, 0.4) is 0 Å². The Kier molecular flexibility index (Phi) is 3.20. The van der Waals surface area contributed by atoms with Gasteiger partial charge in [-0.15, -0.1) is 0 Å². The lowest BCUT2D eigenvalue weighted by atomic mass is 9.50. The van der Waals surface area contributed by atoms with E-state index in [1.54, 1.807) is 0 Å². The summed E-state index contributed by atoms with van der Waals surface area (Å²) in [5.74, 6) is 4.26. The molecule has 4 fully saturated rings. The third-order valence-electron chi connectivity index (χ3n) is 7.88. The van der Waals surface area contributed by atoms with Crippen molar-refractivity contribution in [1.29, 1.82) is 0 Å². The van der Waals surface area contributed by atoms with Crippen LogP contribution in [0.1, 0.15) is 64.7 Å². The number of hydrogen-bond donors (Lipinski definition) is 2. The minimum absolute atomic E-state index is 0.0186. The summed E-state index contributed by atoms with van der Waals surface area (Å²) in [6.45, 7) is 2.36. The molecule has 20 heavy (non-hydrogen) atoms. The fraction of sp³-hybridized carbons (Fsp3) is 1.00. The zero-order valence-electron chi connectivity index (χ0n) is 12.8. The van der Waals surface area contributed by atoms with Crippen molar-refractivity contribution in [3.8, 4) is 0 Å². The number of fused-ring (bicyclic) bond motifs is 5. The summed E-state index contributed by atoms with van der Waals surface area (Å²) in [6.07, 6.45) is 10.9. The van der Waals surface area contributed by atoms with Crippen LogP contribution in [-0.2, 0) is 0 Å². The average Bonchev–Trinajstić information content (AvgIpc) is 2.74. The molecule has 2 heteroatoms. The molecule has 0 aromatic rings. The van der Waals surface area contributed by atoms with E-state index in [2.05, 4.69) is 6.92 Å². The van der Waals surface area contributed by atoms with Gasteiger partial charge in [-0.3, -0.25) is 0 Å². The van der Waals surface area contributed by atoms with Crippen molar-refractivity contribution in [1.82, 2.24) is 0 Å². The molecule has 114 valence electrons. The van der Waals surface area contributed by atoms with Gasteiger partial charge in [0.25, 0.3) is 0 Å². The van der Waals surface area contributed by atoms with E-state index in [0.29, 0.717) is 0 Å². The van der Waals surface area contributed by atoms with Gasteiger partial charge in [-0.05, 0) is 92.8 Å². The smallest absolute Gasteiger partial charge is 0.0596 e. The Labute approximate surface area is 123 Å². The summed E-state index contributed by atoms with van der Waals surface area (Å²) < 4.78 is 0. The van der Waals surface area contributed by atoms with Crippen LogP contribution in [0.4, 0.5) is 0 Å². The second-order valence-corrected chi connectivity index (χ2v) is 8.54. The summed E-state index contributed by atoms with van der Waals surface area (Å²) in [5.41, 5.74) is 0.224. The van der Waals surface area contributed by atoms with Crippen molar-refractivity contribution in [2.75, 3.05) is 0 Å². The Morgan fingerprint density at radius 1 is 0.800 bits per heavy atom. The van der Waals surface area contributed by atoms with Crippen LogP contribution in [0.25, 0.3) is 0 Å². The van der Waals surface area contributed by atoms with Gasteiger partial charge in [0, 0.05) is 0 Å². The first-order valence-corrected chi connectivity index (χ1v) is 8.95. The van der Waals surface area contributed by atoms with Crippen LogP contribution in [0.15, 0.2) is 0 Å². The topological polar surface area (TPSA) is 40.5 Å². The first-order valence-electron chi connectivity index (χ1n) is 8.95. The van der Waals surface area contributed by atoms with E-state index in [0.717, 1.165) is 48.9 Å². The molecule has 0 aromatic heterocycles. The predicted octanol–water partition coefficient (Wildman–Crippen LogP) is 3.36. The molecule has 0 aromatic carbocycles. The molecule has 0 aliphatic heterocycles. The Hall–Kier alpha value is -0.0800. The summed E-state index contributed by atoms with van der Waals surface area (Å²) in [7, 11) is 0. The third kappa shape index (κ3) is 1.83. The maximum absolute atomic E-state index is 10.4.